The maximum Gasteiger partial charge on any atom is 0.0894 e. The highest BCUT2D eigenvalue weighted by Crippen LogP contribution is 2.07. The summed E-state index contributed by atoms with van der Waals surface area (Å²) in [5.41, 5.74) is 0. The van der Waals surface area contributed by atoms with Crippen molar-refractivity contribution in [3.63, 3.8) is 0 Å². The van der Waals surface area contributed by atoms with Crippen LogP contribution < -0.4 is 0 Å². The Morgan fingerprint density at radius 3 is 1.79 bits per heavy atom. The summed E-state index contributed by atoms with van der Waals surface area (Å²) in [5, 5.41) is 0. The summed E-state index contributed by atoms with van der Waals surface area (Å²) in [6, 6.07) is 0. The largest absolute Gasteiger partial charge is 0.251 e. The molecular formula is C18H31F. The number of unbranched alkanes of at least 4 members (excludes halogenated alkanes) is 6. The molecule has 0 rings (SSSR count). The van der Waals surface area contributed by atoms with Gasteiger partial charge in [-0.15, -0.1) is 0 Å². The number of alkyl halides is 1. The molecule has 0 spiro atoms. The third-order valence-corrected chi connectivity index (χ3v) is 3.03. The predicted molar refractivity (Wildman–Crippen MR) is 85.2 cm³/mol. The Kier molecular flexibility index (Phi) is 16.4. The van der Waals surface area contributed by atoms with Crippen LogP contribution in [0.2, 0.25) is 0 Å². The molecule has 0 bridgehead atoms. The van der Waals surface area contributed by atoms with Gasteiger partial charge >= 0.3 is 0 Å². The fourth-order valence-electron chi connectivity index (χ4n) is 1.89. The van der Waals surface area contributed by atoms with Crippen LogP contribution in [0.4, 0.5) is 4.39 Å². The van der Waals surface area contributed by atoms with Crippen LogP contribution in [0.5, 0.6) is 0 Å². The first-order valence-corrected chi connectivity index (χ1v) is 7.92. The molecule has 0 aromatic heterocycles. The molecule has 0 nitrogen and oxygen atoms in total. The lowest BCUT2D eigenvalue weighted by molar-refractivity contribution is 0.450. The Hall–Kier alpha value is -0.850. The fourth-order valence-corrected chi connectivity index (χ4v) is 1.89. The summed E-state index contributed by atoms with van der Waals surface area (Å²) in [5.74, 6) is 0. The van der Waals surface area contributed by atoms with Crippen molar-refractivity contribution < 1.29 is 4.39 Å². The highest BCUT2D eigenvalue weighted by Gasteiger charge is 1.89. The van der Waals surface area contributed by atoms with E-state index in [9.17, 15) is 4.39 Å². The highest BCUT2D eigenvalue weighted by atomic mass is 19.1. The Morgan fingerprint density at radius 1 is 0.632 bits per heavy atom. The Bertz CT molecular complexity index is 238. The monoisotopic (exact) mass is 266 g/mol. The molecule has 19 heavy (non-hydrogen) atoms. The van der Waals surface area contributed by atoms with Gasteiger partial charge in [-0.3, -0.25) is 4.39 Å². The quantitative estimate of drug-likeness (QED) is 0.262. The van der Waals surface area contributed by atoms with Crippen LogP contribution in [0.3, 0.4) is 0 Å². The van der Waals surface area contributed by atoms with E-state index in [0.29, 0.717) is 0 Å². The first-order valence-electron chi connectivity index (χ1n) is 7.92. The average molecular weight is 266 g/mol. The molecule has 0 aliphatic heterocycles. The maximum atomic E-state index is 11.8. The molecule has 1 heteroatoms. The molecule has 0 aromatic rings. The smallest absolute Gasteiger partial charge is 0.0894 e. The van der Waals surface area contributed by atoms with Crippen molar-refractivity contribution in [2.45, 2.75) is 71.1 Å². The second kappa shape index (κ2) is 17.2. The van der Waals surface area contributed by atoms with Crippen LogP contribution in [-0.2, 0) is 0 Å². The third-order valence-electron chi connectivity index (χ3n) is 3.03. The normalized spacial score (nSPS) is 12.3. The van der Waals surface area contributed by atoms with Crippen molar-refractivity contribution in [2.75, 3.05) is 6.67 Å². The SMILES string of the molecule is CCC=CCC=CCC=CCCCCCCCCF. The fraction of sp³-hybridized carbons (Fsp3) is 0.667. The number of hydrogen-bond acceptors (Lipinski definition) is 0. The minimum atomic E-state index is -0.148. The molecule has 0 aliphatic rings. The topological polar surface area (TPSA) is 0 Å². The van der Waals surface area contributed by atoms with Crippen molar-refractivity contribution in [3.8, 4) is 0 Å². The summed E-state index contributed by atoms with van der Waals surface area (Å²) < 4.78 is 11.8. The minimum absolute atomic E-state index is 0.148. The van der Waals surface area contributed by atoms with E-state index in [1.807, 2.05) is 0 Å². The molecule has 0 unspecified atom stereocenters. The number of allylic oxidation sites excluding steroid dienone is 6. The van der Waals surface area contributed by atoms with Crippen LogP contribution in [0.25, 0.3) is 0 Å². The van der Waals surface area contributed by atoms with Crippen molar-refractivity contribution in [2.24, 2.45) is 0 Å². The van der Waals surface area contributed by atoms with Gasteiger partial charge in [-0.25, -0.2) is 0 Å². The van der Waals surface area contributed by atoms with Gasteiger partial charge in [-0.1, -0.05) is 69.1 Å². The molecule has 0 saturated heterocycles. The van der Waals surface area contributed by atoms with Crippen molar-refractivity contribution in [1.82, 2.24) is 0 Å². The standard InChI is InChI=1S/C18H31F/c1-2-3-4-5-6-7-8-9-10-11-12-13-14-15-16-17-18-19/h3-4,6-7,9-10H,2,5,8,11-18H2,1H3. The molecule has 0 radical (unpaired) electrons. The average Bonchev–Trinajstić information content (AvgIpc) is 2.43. The minimum Gasteiger partial charge on any atom is -0.251 e. The lowest BCUT2D eigenvalue weighted by Crippen LogP contribution is -1.80. The second-order valence-electron chi connectivity index (χ2n) is 4.89. The van der Waals surface area contributed by atoms with Crippen LogP contribution in [-0.4, -0.2) is 6.67 Å². The molecule has 0 aliphatic carbocycles. The summed E-state index contributed by atoms with van der Waals surface area (Å²) >= 11 is 0. The summed E-state index contributed by atoms with van der Waals surface area (Å²) in [6.07, 6.45) is 24.7. The Morgan fingerprint density at radius 2 is 1.16 bits per heavy atom. The molecule has 0 fully saturated rings. The van der Waals surface area contributed by atoms with Crippen LogP contribution in [0.15, 0.2) is 36.5 Å². The molecule has 0 N–H and O–H groups in total. The van der Waals surface area contributed by atoms with E-state index >= 15 is 0 Å². The molecular weight excluding hydrogens is 235 g/mol. The van der Waals surface area contributed by atoms with Gasteiger partial charge in [-0.2, -0.15) is 0 Å². The van der Waals surface area contributed by atoms with Gasteiger partial charge in [0, 0.05) is 0 Å². The van der Waals surface area contributed by atoms with Gasteiger partial charge in [0.1, 0.15) is 0 Å². The Labute approximate surface area is 119 Å². The molecule has 0 atom stereocenters. The van der Waals surface area contributed by atoms with Gasteiger partial charge in [-0.05, 0) is 38.5 Å². The van der Waals surface area contributed by atoms with Crippen LogP contribution in [0, 0.1) is 0 Å². The molecule has 110 valence electrons. The highest BCUT2D eigenvalue weighted by molar-refractivity contribution is 4.96. The number of hydrogen-bond donors (Lipinski definition) is 0. The van der Waals surface area contributed by atoms with Gasteiger partial charge in [0.25, 0.3) is 0 Å². The lowest BCUT2D eigenvalue weighted by Gasteiger charge is -1.98. The van der Waals surface area contributed by atoms with E-state index in [4.69, 9.17) is 0 Å². The first kappa shape index (κ1) is 18.1. The molecule has 0 aromatic carbocycles. The van der Waals surface area contributed by atoms with Crippen molar-refractivity contribution >= 4 is 0 Å². The van der Waals surface area contributed by atoms with Crippen LogP contribution >= 0.6 is 0 Å². The third kappa shape index (κ3) is 17.1. The van der Waals surface area contributed by atoms with E-state index in [1.165, 1.54) is 32.1 Å². The van der Waals surface area contributed by atoms with Crippen molar-refractivity contribution in [1.29, 1.82) is 0 Å². The van der Waals surface area contributed by atoms with Gasteiger partial charge in [0.2, 0.25) is 0 Å². The van der Waals surface area contributed by atoms with Gasteiger partial charge in [0.05, 0.1) is 6.67 Å². The second-order valence-corrected chi connectivity index (χ2v) is 4.89. The van der Waals surface area contributed by atoms with E-state index in [-0.39, 0.29) is 6.67 Å². The first-order chi connectivity index (χ1) is 9.41. The lowest BCUT2D eigenvalue weighted by atomic mass is 10.1. The zero-order chi connectivity index (χ0) is 14.0. The van der Waals surface area contributed by atoms with Crippen LogP contribution in [0.1, 0.15) is 71.1 Å². The zero-order valence-electron chi connectivity index (χ0n) is 12.6. The number of halogens is 1. The summed E-state index contributed by atoms with van der Waals surface area (Å²) in [6.45, 7) is 2.01. The Balaban J connectivity index is 3.19. The van der Waals surface area contributed by atoms with E-state index < -0.39 is 0 Å². The van der Waals surface area contributed by atoms with E-state index in [2.05, 4.69) is 43.4 Å². The van der Waals surface area contributed by atoms with Gasteiger partial charge < -0.3 is 0 Å². The zero-order valence-corrected chi connectivity index (χ0v) is 12.6. The van der Waals surface area contributed by atoms with Gasteiger partial charge in [0.15, 0.2) is 0 Å². The number of rotatable bonds is 13. The van der Waals surface area contributed by atoms with E-state index in [1.54, 1.807) is 0 Å². The molecule has 0 heterocycles. The van der Waals surface area contributed by atoms with Crippen molar-refractivity contribution in [3.05, 3.63) is 36.5 Å². The summed E-state index contributed by atoms with van der Waals surface area (Å²) in [4.78, 5) is 0. The summed E-state index contributed by atoms with van der Waals surface area (Å²) in [7, 11) is 0. The van der Waals surface area contributed by atoms with E-state index in [0.717, 1.165) is 32.1 Å². The maximum absolute atomic E-state index is 11.8. The molecule has 0 amide bonds. The molecule has 0 saturated carbocycles. The predicted octanol–water partition coefficient (Wildman–Crippen LogP) is 6.55.